The minimum absolute atomic E-state index is 0. The van der Waals surface area contributed by atoms with Crippen molar-refractivity contribution in [2.75, 3.05) is 0 Å². The van der Waals surface area contributed by atoms with Crippen LogP contribution in [-0.2, 0) is 0 Å². The molecule has 46 valence electrons. The number of hydrogen-bond acceptors (Lipinski definition) is 2. The Bertz CT molecular complexity index is 84.0. The minimum Gasteiger partial charge on any atom is -0.412 e. The van der Waals surface area contributed by atoms with Gasteiger partial charge in [-0.3, -0.25) is 0 Å². The lowest BCUT2D eigenvalue weighted by Gasteiger charge is -1.69. The smallest absolute Gasteiger partial charge is 0.0496 e. The van der Waals surface area contributed by atoms with Crippen LogP contribution in [0.1, 0.15) is 0 Å². The molecule has 1 rings (SSSR count). The van der Waals surface area contributed by atoms with Crippen LogP contribution in [0, 0.1) is 0 Å². The standard InChI is InChI=1S/C4H4N2.2H2O/c1-2-4-6-5-3-1;;/h1-4H;2*1H2. The Labute approximate surface area is 46.8 Å². The van der Waals surface area contributed by atoms with Gasteiger partial charge in [-0.05, 0) is 12.1 Å². The molecule has 0 aliphatic rings. The van der Waals surface area contributed by atoms with E-state index in [0.717, 1.165) is 0 Å². The van der Waals surface area contributed by atoms with Crippen molar-refractivity contribution in [3.05, 3.63) is 24.5 Å². The molecule has 0 spiro atoms. The lowest BCUT2D eigenvalue weighted by Crippen LogP contribution is -1.69. The minimum atomic E-state index is 0. The van der Waals surface area contributed by atoms with Crippen LogP contribution in [0.3, 0.4) is 0 Å². The highest BCUT2D eigenvalue weighted by molar-refractivity contribution is 4.79. The first kappa shape index (κ1) is 10.1. The van der Waals surface area contributed by atoms with Crippen molar-refractivity contribution in [1.29, 1.82) is 0 Å². The molecule has 0 saturated carbocycles. The first-order valence-electron chi connectivity index (χ1n) is 1.72. The monoisotopic (exact) mass is 116 g/mol. The molecule has 0 radical (unpaired) electrons. The third-order valence-corrected chi connectivity index (χ3v) is 0.483. The van der Waals surface area contributed by atoms with E-state index in [0.29, 0.717) is 0 Å². The van der Waals surface area contributed by atoms with E-state index < -0.39 is 0 Å². The van der Waals surface area contributed by atoms with E-state index in [1.807, 2.05) is 12.1 Å². The molecule has 4 heteroatoms. The molecule has 1 aromatic rings. The SMILES string of the molecule is O.O.c1ccnnc1. The van der Waals surface area contributed by atoms with Gasteiger partial charge >= 0.3 is 0 Å². The molecule has 0 unspecified atom stereocenters. The number of hydrogen-bond donors (Lipinski definition) is 0. The molecular formula is C4H8N2O2. The molecule has 0 aromatic carbocycles. The maximum absolute atomic E-state index is 3.53. The van der Waals surface area contributed by atoms with Gasteiger partial charge in [0.1, 0.15) is 0 Å². The van der Waals surface area contributed by atoms with Gasteiger partial charge in [0.15, 0.2) is 0 Å². The van der Waals surface area contributed by atoms with Gasteiger partial charge in [0.05, 0.1) is 0 Å². The van der Waals surface area contributed by atoms with Gasteiger partial charge in [0, 0.05) is 12.4 Å². The molecule has 1 aromatic heterocycles. The van der Waals surface area contributed by atoms with E-state index in [2.05, 4.69) is 10.2 Å². The largest absolute Gasteiger partial charge is 0.412 e. The van der Waals surface area contributed by atoms with Crippen LogP contribution in [0.4, 0.5) is 0 Å². The van der Waals surface area contributed by atoms with Crippen LogP contribution >= 0.6 is 0 Å². The van der Waals surface area contributed by atoms with Crippen molar-refractivity contribution < 1.29 is 11.0 Å². The second-order valence-corrected chi connectivity index (χ2v) is 0.914. The van der Waals surface area contributed by atoms with E-state index in [4.69, 9.17) is 0 Å². The predicted octanol–water partition coefficient (Wildman–Crippen LogP) is -1.17. The second-order valence-electron chi connectivity index (χ2n) is 0.914. The molecule has 0 aliphatic carbocycles. The van der Waals surface area contributed by atoms with Crippen molar-refractivity contribution in [3.63, 3.8) is 0 Å². The van der Waals surface area contributed by atoms with Crippen LogP contribution in [0.5, 0.6) is 0 Å². The molecule has 0 fully saturated rings. The molecule has 0 bridgehead atoms. The molecule has 0 aliphatic heterocycles. The Hall–Kier alpha value is -1.00. The lowest BCUT2D eigenvalue weighted by atomic mass is 10.6. The summed E-state index contributed by atoms with van der Waals surface area (Å²) in [5, 5.41) is 7.07. The van der Waals surface area contributed by atoms with Crippen LogP contribution in [-0.4, -0.2) is 21.1 Å². The van der Waals surface area contributed by atoms with Crippen LogP contribution in [0.2, 0.25) is 0 Å². The molecule has 0 amide bonds. The quantitative estimate of drug-likeness (QED) is 0.427. The van der Waals surface area contributed by atoms with Crippen LogP contribution in [0.15, 0.2) is 24.5 Å². The van der Waals surface area contributed by atoms with E-state index in [1.165, 1.54) is 0 Å². The molecule has 4 N–H and O–H groups in total. The van der Waals surface area contributed by atoms with Gasteiger partial charge in [-0.15, -0.1) is 0 Å². The third-order valence-electron chi connectivity index (χ3n) is 0.483. The summed E-state index contributed by atoms with van der Waals surface area (Å²) in [5.74, 6) is 0. The van der Waals surface area contributed by atoms with E-state index in [1.54, 1.807) is 12.4 Å². The first-order valence-corrected chi connectivity index (χ1v) is 1.72. The van der Waals surface area contributed by atoms with Crippen molar-refractivity contribution in [2.24, 2.45) is 0 Å². The van der Waals surface area contributed by atoms with Crippen LogP contribution < -0.4 is 0 Å². The van der Waals surface area contributed by atoms with Crippen LogP contribution in [0.25, 0.3) is 0 Å². The highest BCUT2D eigenvalue weighted by Gasteiger charge is 1.59. The zero-order chi connectivity index (χ0) is 4.24. The number of aromatic nitrogens is 2. The average molecular weight is 116 g/mol. The summed E-state index contributed by atoms with van der Waals surface area (Å²) < 4.78 is 0. The highest BCUT2D eigenvalue weighted by Crippen LogP contribution is 1.68. The summed E-state index contributed by atoms with van der Waals surface area (Å²) in [6, 6.07) is 3.65. The zero-order valence-electron chi connectivity index (χ0n) is 4.20. The second kappa shape index (κ2) is 6.00. The predicted molar refractivity (Wildman–Crippen MR) is 29.3 cm³/mol. The Balaban J connectivity index is 0. The highest BCUT2D eigenvalue weighted by atomic mass is 16.0. The van der Waals surface area contributed by atoms with Gasteiger partial charge in [-0.1, -0.05) is 0 Å². The van der Waals surface area contributed by atoms with Gasteiger partial charge in [0.2, 0.25) is 0 Å². The fraction of sp³-hybridized carbons (Fsp3) is 0. The van der Waals surface area contributed by atoms with Gasteiger partial charge in [-0.2, -0.15) is 10.2 Å². The topological polar surface area (TPSA) is 88.8 Å². The number of rotatable bonds is 0. The maximum atomic E-state index is 3.53. The van der Waals surface area contributed by atoms with Crippen molar-refractivity contribution >= 4 is 0 Å². The Morgan fingerprint density at radius 3 is 1.25 bits per heavy atom. The molecule has 8 heavy (non-hydrogen) atoms. The zero-order valence-corrected chi connectivity index (χ0v) is 4.20. The van der Waals surface area contributed by atoms with E-state index >= 15 is 0 Å². The summed E-state index contributed by atoms with van der Waals surface area (Å²) in [6.45, 7) is 0. The van der Waals surface area contributed by atoms with Crippen molar-refractivity contribution in [3.8, 4) is 0 Å². The van der Waals surface area contributed by atoms with Gasteiger partial charge in [-0.25, -0.2) is 0 Å². The molecular weight excluding hydrogens is 108 g/mol. The first-order chi connectivity index (χ1) is 3.00. The third kappa shape index (κ3) is 3.20. The van der Waals surface area contributed by atoms with Gasteiger partial charge < -0.3 is 11.0 Å². The lowest BCUT2D eigenvalue weighted by molar-refractivity contribution is 0.823. The molecule has 0 atom stereocenters. The van der Waals surface area contributed by atoms with Crippen molar-refractivity contribution in [2.45, 2.75) is 0 Å². The average Bonchev–Trinajstić information content (AvgIpc) is 1.72. The molecule has 4 nitrogen and oxygen atoms in total. The van der Waals surface area contributed by atoms with E-state index in [-0.39, 0.29) is 11.0 Å². The molecule has 0 saturated heterocycles. The summed E-state index contributed by atoms with van der Waals surface area (Å²) in [7, 11) is 0. The summed E-state index contributed by atoms with van der Waals surface area (Å²) in [4.78, 5) is 0. The number of nitrogens with zero attached hydrogens (tertiary/aromatic N) is 2. The molecule has 1 heterocycles. The Morgan fingerprint density at radius 2 is 1.12 bits per heavy atom. The summed E-state index contributed by atoms with van der Waals surface area (Å²) in [6.07, 6.45) is 3.28. The van der Waals surface area contributed by atoms with Crippen molar-refractivity contribution in [1.82, 2.24) is 10.2 Å². The fourth-order valence-corrected chi connectivity index (χ4v) is 0.253. The fourth-order valence-electron chi connectivity index (χ4n) is 0.253. The van der Waals surface area contributed by atoms with Gasteiger partial charge in [0.25, 0.3) is 0 Å². The maximum Gasteiger partial charge on any atom is 0.0496 e. The Morgan fingerprint density at radius 1 is 0.750 bits per heavy atom. The normalized spacial score (nSPS) is 6.00. The van der Waals surface area contributed by atoms with E-state index in [9.17, 15) is 0 Å². The Kier molecular flexibility index (Phi) is 7.56. The summed E-state index contributed by atoms with van der Waals surface area (Å²) >= 11 is 0. The summed E-state index contributed by atoms with van der Waals surface area (Å²) in [5.41, 5.74) is 0.